The molecule has 0 spiro atoms. The number of para-hydroxylation sites is 1. The number of hydrogen-bond acceptors (Lipinski definition) is 6. The van der Waals surface area contributed by atoms with Gasteiger partial charge < -0.3 is 9.47 Å². The van der Waals surface area contributed by atoms with Crippen molar-refractivity contribution < 1.29 is 19.1 Å². The molecule has 0 fully saturated rings. The van der Waals surface area contributed by atoms with Gasteiger partial charge >= 0.3 is 6.16 Å². The Morgan fingerprint density at radius 3 is 2.57 bits per heavy atom. The number of nitrogens with zero attached hydrogens (tertiary/aromatic N) is 3. The molecule has 0 saturated heterocycles. The van der Waals surface area contributed by atoms with Crippen LogP contribution in [0.15, 0.2) is 24.3 Å². The Morgan fingerprint density at radius 1 is 1.24 bits per heavy atom. The van der Waals surface area contributed by atoms with Gasteiger partial charge in [-0.2, -0.15) is 4.68 Å². The van der Waals surface area contributed by atoms with E-state index >= 15 is 0 Å². The fraction of sp³-hybridized carbons (Fsp3) is 0.429. The third-order valence-electron chi connectivity index (χ3n) is 2.57. The molecule has 0 saturated carbocycles. The summed E-state index contributed by atoms with van der Waals surface area (Å²) < 4.78 is 11.1. The van der Waals surface area contributed by atoms with Crippen LogP contribution < -0.4 is 0 Å². The van der Waals surface area contributed by atoms with Crippen LogP contribution in [0.5, 0.6) is 0 Å². The molecule has 2 rings (SSSR count). The zero-order valence-electron chi connectivity index (χ0n) is 12.4. The molecule has 7 nitrogen and oxygen atoms in total. The summed E-state index contributed by atoms with van der Waals surface area (Å²) >= 11 is 0. The molecule has 1 unspecified atom stereocenters. The first-order valence-electron chi connectivity index (χ1n) is 6.52. The van der Waals surface area contributed by atoms with E-state index in [1.54, 1.807) is 45.0 Å². The second kappa shape index (κ2) is 5.51. The lowest BCUT2D eigenvalue weighted by Crippen LogP contribution is -2.33. The molecule has 1 heterocycles. The summed E-state index contributed by atoms with van der Waals surface area (Å²) in [7, 11) is 0. The molecule has 0 radical (unpaired) electrons. The number of aromatic nitrogens is 3. The van der Waals surface area contributed by atoms with Crippen molar-refractivity contribution in [1.29, 1.82) is 0 Å². The van der Waals surface area contributed by atoms with Gasteiger partial charge in [-0.05, 0) is 39.8 Å². The molecule has 0 amide bonds. The largest absolute Gasteiger partial charge is 0.509 e. The summed E-state index contributed by atoms with van der Waals surface area (Å²) in [5.74, 6) is -0.491. The fourth-order valence-electron chi connectivity index (χ4n) is 1.67. The van der Waals surface area contributed by atoms with Crippen LogP contribution in [0.25, 0.3) is 11.0 Å². The topological polar surface area (TPSA) is 83.3 Å². The van der Waals surface area contributed by atoms with E-state index in [2.05, 4.69) is 10.3 Å². The Kier molecular flexibility index (Phi) is 3.93. The van der Waals surface area contributed by atoms with E-state index in [0.717, 1.165) is 4.68 Å². The standard InChI is InChI=1S/C14H17N3O4/c1-9(20-13(19)21-14(2,3)4)12(18)17-11-8-6-5-7-10(11)15-16-17/h5-9H,1-4H3. The number of carbonyl (C=O) groups is 2. The quantitative estimate of drug-likeness (QED) is 0.790. The molecule has 0 N–H and O–H groups in total. The summed E-state index contributed by atoms with van der Waals surface area (Å²) in [5, 5.41) is 7.66. The van der Waals surface area contributed by atoms with Crippen LogP contribution in [0.1, 0.15) is 32.5 Å². The average molecular weight is 291 g/mol. The Morgan fingerprint density at radius 2 is 1.90 bits per heavy atom. The first kappa shape index (κ1) is 15.0. The lowest BCUT2D eigenvalue weighted by molar-refractivity contribution is -0.0216. The summed E-state index contributed by atoms with van der Waals surface area (Å²) in [6, 6.07) is 7.03. The molecule has 7 heteroatoms. The third kappa shape index (κ3) is 3.56. The predicted octanol–water partition coefficient (Wildman–Crippen LogP) is 2.41. The molecule has 0 aliphatic rings. The highest BCUT2D eigenvalue weighted by Crippen LogP contribution is 2.13. The van der Waals surface area contributed by atoms with E-state index in [-0.39, 0.29) is 0 Å². The summed E-state index contributed by atoms with van der Waals surface area (Å²) in [4.78, 5) is 23.8. The molecule has 112 valence electrons. The molecule has 0 bridgehead atoms. The van der Waals surface area contributed by atoms with Crippen molar-refractivity contribution in [3.05, 3.63) is 24.3 Å². The molecule has 1 aromatic carbocycles. The maximum atomic E-state index is 12.2. The number of carbonyl (C=O) groups excluding carboxylic acids is 2. The van der Waals surface area contributed by atoms with E-state index in [1.807, 2.05) is 0 Å². The second-order valence-corrected chi connectivity index (χ2v) is 5.55. The van der Waals surface area contributed by atoms with Crippen molar-refractivity contribution in [3.8, 4) is 0 Å². The normalized spacial score (nSPS) is 13.0. The van der Waals surface area contributed by atoms with Gasteiger partial charge in [0, 0.05) is 0 Å². The van der Waals surface area contributed by atoms with Gasteiger partial charge in [-0.1, -0.05) is 17.3 Å². The Hall–Kier alpha value is -2.44. The number of benzene rings is 1. The first-order valence-corrected chi connectivity index (χ1v) is 6.52. The Balaban J connectivity index is 2.11. The monoisotopic (exact) mass is 291 g/mol. The van der Waals surface area contributed by atoms with Crippen LogP contribution in [0, 0.1) is 0 Å². The maximum Gasteiger partial charge on any atom is 0.509 e. The molecule has 0 aliphatic carbocycles. The third-order valence-corrected chi connectivity index (χ3v) is 2.57. The zero-order valence-corrected chi connectivity index (χ0v) is 12.4. The SMILES string of the molecule is CC(OC(=O)OC(C)(C)C)C(=O)n1nnc2ccccc21. The van der Waals surface area contributed by atoms with Crippen LogP contribution in [-0.4, -0.2) is 38.8 Å². The molecular weight excluding hydrogens is 274 g/mol. The van der Waals surface area contributed by atoms with E-state index in [1.165, 1.54) is 6.92 Å². The van der Waals surface area contributed by atoms with E-state index in [9.17, 15) is 9.59 Å². The number of rotatable bonds is 2. The molecule has 21 heavy (non-hydrogen) atoms. The summed E-state index contributed by atoms with van der Waals surface area (Å²) in [6.45, 7) is 6.60. The average Bonchev–Trinajstić information content (AvgIpc) is 2.79. The molecule has 1 aromatic heterocycles. The fourth-order valence-corrected chi connectivity index (χ4v) is 1.67. The highest BCUT2D eigenvalue weighted by Gasteiger charge is 2.25. The van der Waals surface area contributed by atoms with Crippen LogP contribution in [0.4, 0.5) is 4.79 Å². The minimum absolute atomic E-state index is 0.491. The van der Waals surface area contributed by atoms with Gasteiger partial charge in [-0.25, -0.2) is 4.79 Å². The highest BCUT2D eigenvalue weighted by atomic mass is 16.7. The van der Waals surface area contributed by atoms with Gasteiger partial charge in [0.2, 0.25) is 0 Å². The number of fused-ring (bicyclic) bond motifs is 1. The van der Waals surface area contributed by atoms with Crippen LogP contribution in [-0.2, 0) is 9.47 Å². The van der Waals surface area contributed by atoms with Gasteiger partial charge in [0.15, 0.2) is 6.10 Å². The minimum atomic E-state index is -1.02. The van der Waals surface area contributed by atoms with Crippen LogP contribution in [0.2, 0.25) is 0 Å². The summed E-state index contributed by atoms with van der Waals surface area (Å²) in [6.07, 6.45) is -1.92. The van der Waals surface area contributed by atoms with Gasteiger partial charge in [-0.15, -0.1) is 5.10 Å². The second-order valence-electron chi connectivity index (χ2n) is 5.55. The van der Waals surface area contributed by atoms with Gasteiger partial charge in [0.25, 0.3) is 5.91 Å². The predicted molar refractivity (Wildman–Crippen MR) is 74.9 cm³/mol. The lowest BCUT2D eigenvalue weighted by Gasteiger charge is -2.20. The van der Waals surface area contributed by atoms with Gasteiger partial charge in [0.05, 0.1) is 5.52 Å². The summed E-state index contributed by atoms with van der Waals surface area (Å²) in [5.41, 5.74) is 0.470. The van der Waals surface area contributed by atoms with E-state index in [0.29, 0.717) is 11.0 Å². The number of ether oxygens (including phenoxy) is 2. The minimum Gasteiger partial charge on any atom is -0.429 e. The van der Waals surface area contributed by atoms with E-state index < -0.39 is 23.8 Å². The number of hydrogen-bond donors (Lipinski definition) is 0. The molecule has 1 atom stereocenters. The van der Waals surface area contributed by atoms with E-state index in [4.69, 9.17) is 9.47 Å². The van der Waals surface area contributed by atoms with Crippen LogP contribution in [0.3, 0.4) is 0 Å². The zero-order chi connectivity index (χ0) is 15.6. The van der Waals surface area contributed by atoms with Crippen molar-refractivity contribution in [2.75, 3.05) is 0 Å². The smallest absolute Gasteiger partial charge is 0.429 e. The van der Waals surface area contributed by atoms with Crippen molar-refractivity contribution >= 4 is 23.1 Å². The molecule has 0 aliphatic heterocycles. The van der Waals surface area contributed by atoms with Crippen LogP contribution >= 0.6 is 0 Å². The maximum absolute atomic E-state index is 12.2. The molecular formula is C14H17N3O4. The first-order chi connectivity index (χ1) is 9.78. The van der Waals surface area contributed by atoms with Crippen molar-refractivity contribution in [2.24, 2.45) is 0 Å². The highest BCUT2D eigenvalue weighted by molar-refractivity contribution is 5.91. The van der Waals surface area contributed by atoms with Gasteiger partial charge in [0.1, 0.15) is 11.1 Å². The van der Waals surface area contributed by atoms with Gasteiger partial charge in [-0.3, -0.25) is 4.79 Å². The van der Waals surface area contributed by atoms with Crippen molar-refractivity contribution in [2.45, 2.75) is 39.4 Å². The Bertz CT molecular complexity index is 672. The Labute approximate surface area is 121 Å². The lowest BCUT2D eigenvalue weighted by atomic mass is 10.2. The van der Waals surface area contributed by atoms with Crippen molar-refractivity contribution in [3.63, 3.8) is 0 Å². The molecule has 2 aromatic rings. The van der Waals surface area contributed by atoms with Crippen molar-refractivity contribution in [1.82, 2.24) is 15.0 Å².